The van der Waals surface area contributed by atoms with Crippen molar-refractivity contribution in [1.82, 2.24) is 4.90 Å². The second-order valence-electron chi connectivity index (χ2n) is 4.99. The molecule has 0 saturated carbocycles. The van der Waals surface area contributed by atoms with Gasteiger partial charge in [0.05, 0.1) is 0 Å². The minimum Gasteiger partial charge on any atom is -0.327 e. The fourth-order valence-electron chi connectivity index (χ4n) is 2.62. The average molecular weight is 261 g/mol. The largest absolute Gasteiger partial charge is 0.327 e. The van der Waals surface area contributed by atoms with Gasteiger partial charge in [-0.25, -0.2) is 0 Å². The van der Waals surface area contributed by atoms with Crippen molar-refractivity contribution in [2.75, 3.05) is 5.75 Å². The SMILES string of the molecule is CC1CSC(=O)C2Cc3ccccc3CN2C1=O. The van der Waals surface area contributed by atoms with Gasteiger partial charge in [-0.2, -0.15) is 0 Å². The van der Waals surface area contributed by atoms with E-state index in [9.17, 15) is 9.59 Å². The summed E-state index contributed by atoms with van der Waals surface area (Å²) in [5, 5.41) is 0.141. The van der Waals surface area contributed by atoms with E-state index in [-0.39, 0.29) is 23.0 Å². The first-order valence-corrected chi connectivity index (χ1v) is 7.19. The summed E-state index contributed by atoms with van der Waals surface area (Å²) in [6.45, 7) is 2.49. The van der Waals surface area contributed by atoms with Gasteiger partial charge in [-0.05, 0) is 11.1 Å². The van der Waals surface area contributed by atoms with Gasteiger partial charge in [-0.3, -0.25) is 9.59 Å². The lowest BCUT2D eigenvalue weighted by Crippen LogP contribution is -2.47. The third kappa shape index (κ3) is 1.85. The zero-order valence-corrected chi connectivity index (χ0v) is 11.1. The van der Waals surface area contributed by atoms with E-state index >= 15 is 0 Å². The predicted molar refractivity (Wildman–Crippen MR) is 71.1 cm³/mol. The molecule has 1 aromatic carbocycles. The molecule has 4 heteroatoms. The second kappa shape index (κ2) is 4.43. The van der Waals surface area contributed by atoms with Crippen LogP contribution >= 0.6 is 11.8 Å². The topological polar surface area (TPSA) is 37.4 Å². The van der Waals surface area contributed by atoms with E-state index in [1.165, 1.54) is 22.9 Å². The predicted octanol–water partition coefficient (Wildman–Crippen LogP) is 1.85. The maximum atomic E-state index is 12.3. The molecule has 0 radical (unpaired) electrons. The normalized spacial score (nSPS) is 27.5. The molecule has 3 rings (SSSR count). The van der Waals surface area contributed by atoms with E-state index in [0.717, 1.165) is 0 Å². The highest BCUT2D eigenvalue weighted by Crippen LogP contribution is 2.31. The number of hydrogen-bond donors (Lipinski definition) is 0. The van der Waals surface area contributed by atoms with Crippen LogP contribution < -0.4 is 0 Å². The molecule has 0 N–H and O–H groups in total. The molecule has 0 bridgehead atoms. The molecule has 1 amide bonds. The zero-order chi connectivity index (χ0) is 12.7. The van der Waals surface area contributed by atoms with Crippen LogP contribution in [0.15, 0.2) is 24.3 Å². The Labute approximate surface area is 111 Å². The highest BCUT2D eigenvalue weighted by molar-refractivity contribution is 8.13. The van der Waals surface area contributed by atoms with Crippen LogP contribution in [-0.2, 0) is 22.6 Å². The molecular formula is C14H15NO2S. The molecule has 1 fully saturated rings. The monoisotopic (exact) mass is 261 g/mol. The number of carbonyl (C=O) groups excluding carboxylic acids is 2. The maximum Gasteiger partial charge on any atom is 0.227 e. The third-order valence-corrected chi connectivity index (χ3v) is 4.92. The number of nitrogens with zero attached hydrogens (tertiary/aromatic N) is 1. The first-order chi connectivity index (χ1) is 8.66. The first-order valence-electron chi connectivity index (χ1n) is 6.20. The lowest BCUT2D eigenvalue weighted by atomic mass is 9.93. The van der Waals surface area contributed by atoms with E-state index in [1.807, 2.05) is 25.1 Å². The first kappa shape index (κ1) is 11.8. The number of amides is 1. The Hall–Kier alpha value is -1.29. The summed E-state index contributed by atoms with van der Waals surface area (Å²) in [5.41, 5.74) is 2.38. The van der Waals surface area contributed by atoms with Crippen LogP contribution in [0.5, 0.6) is 0 Å². The molecular weight excluding hydrogens is 246 g/mol. The number of rotatable bonds is 0. The molecule has 18 heavy (non-hydrogen) atoms. The summed E-state index contributed by atoms with van der Waals surface area (Å²) in [7, 11) is 0. The van der Waals surface area contributed by atoms with Crippen molar-refractivity contribution in [3.8, 4) is 0 Å². The van der Waals surface area contributed by atoms with Gasteiger partial charge >= 0.3 is 0 Å². The standard InChI is InChI=1S/C14H15NO2S/c1-9-8-18-14(17)12-6-10-4-2-3-5-11(10)7-15(12)13(9)16/h2-5,9,12H,6-8H2,1H3. The number of carbonyl (C=O) groups is 2. The van der Waals surface area contributed by atoms with Gasteiger partial charge in [-0.15, -0.1) is 0 Å². The van der Waals surface area contributed by atoms with Gasteiger partial charge in [0, 0.05) is 24.6 Å². The summed E-state index contributed by atoms with van der Waals surface area (Å²) in [4.78, 5) is 26.2. The zero-order valence-electron chi connectivity index (χ0n) is 10.3. The van der Waals surface area contributed by atoms with Crippen molar-refractivity contribution in [2.45, 2.75) is 25.9 Å². The molecule has 2 aliphatic heterocycles. The van der Waals surface area contributed by atoms with Gasteiger partial charge in [-0.1, -0.05) is 43.0 Å². The summed E-state index contributed by atoms with van der Waals surface area (Å²) >= 11 is 1.31. The molecule has 0 spiro atoms. The number of fused-ring (bicyclic) bond motifs is 2. The third-order valence-electron chi connectivity index (χ3n) is 3.70. The Morgan fingerprint density at radius 2 is 1.94 bits per heavy atom. The molecule has 2 unspecified atom stereocenters. The van der Waals surface area contributed by atoms with Crippen LogP contribution in [0.2, 0.25) is 0 Å². The maximum absolute atomic E-state index is 12.3. The molecule has 0 aliphatic carbocycles. The lowest BCUT2D eigenvalue weighted by molar-refractivity contribution is -0.140. The van der Waals surface area contributed by atoms with Crippen LogP contribution in [0.4, 0.5) is 0 Å². The van der Waals surface area contributed by atoms with E-state index < -0.39 is 0 Å². The average Bonchev–Trinajstić information content (AvgIpc) is 2.50. The molecule has 0 aromatic heterocycles. The molecule has 1 saturated heterocycles. The highest BCUT2D eigenvalue weighted by atomic mass is 32.2. The van der Waals surface area contributed by atoms with Gasteiger partial charge in [0.1, 0.15) is 6.04 Å². The minimum atomic E-state index is -0.262. The Morgan fingerprint density at radius 3 is 2.72 bits per heavy atom. The smallest absolute Gasteiger partial charge is 0.227 e. The van der Waals surface area contributed by atoms with Crippen molar-refractivity contribution in [1.29, 1.82) is 0 Å². The van der Waals surface area contributed by atoms with Crippen LogP contribution in [0.25, 0.3) is 0 Å². The fourth-order valence-corrected chi connectivity index (χ4v) is 3.58. The number of thioether (sulfide) groups is 1. The molecule has 1 aromatic rings. The fraction of sp³-hybridized carbons (Fsp3) is 0.429. The summed E-state index contributed by atoms with van der Waals surface area (Å²) in [6, 6.07) is 7.83. The van der Waals surface area contributed by atoms with E-state index in [2.05, 4.69) is 6.07 Å². The van der Waals surface area contributed by atoms with Crippen LogP contribution in [0.3, 0.4) is 0 Å². The van der Waals surface area contributed by atoms with Crippen molar-refractivity contribution >= 4 is 22.8 Å². The van der Waals surface area contributed by atoms with Crippen LogP contribution in [0, 0.1) is 5.92 Å². The van der Waals surface area contributed by atoms with Gasteiger partial charge in [0.2, 0.25) is 11.0 Å². The van der Waals surface area contributed by atoms with Crippen molar-refractivity contribution in [3.05, 3.63) is 35.4 Å². The summed E-state index contributed by atoms with van der Waals surface area (Å²) in [6.07, 6.45) is 0.667. The second-order valence-corrected chi connectivity index (χ2v) is 6.01. The molecule has 94 valence electrons. The highest BCUT2D eigenvalue weighted by Gasteiger charge is 2.39. The van der Waals surface area contributed by atoms with E-state index in [0.29, 0.717) is 18.7 Å². The molecule has 2 atom stereocenters. The van der Waals surface area contributed by atoms with Crippen LogP contribution in [0.1, 0.15) is 18.1 Å². The van der Waals surface area contributed by atoms with Crippen molar-refractivity contribution < 1.29 is 9.59 Å². The summed E-state index contributed by atoms with van der Waals surface area (Å²) < 4.78 is 0. The van der Waals surface area contributed by atoms with E-state index in [1.54, 1.807) is 4.90 Å². The van der Waals surface area contributed by atoms with Gasteiger partial charge < -0.3 is 4.90 Å². The molecule has 3 nitrogen and oxygen atoms in total. The quantitative estimate of drug-likeness (QED) is 0.715. The Morgan fingerprint density at radius 1 is 1.22 bits per heavy atom. The number of benzene rings is 1. The van der Waals surface area contributed by atoms with E-state index in [4.69, 9.17) is 0 Å². The van der Waals surface area contributed by atoms with Gasteiger partial charge in [0.25, 0.3) is 0 Å². The summed E-state index contributed by atoms with van der Waals surface area (Å²) in [5.74, 6) is 0.670. The Kier molecular flexibility index (Phi) is 2.90. The minimum absolute atomic E-state index is 0.0609. The Balaban J connectivity index is 2.00. The molecule has 2 heterocycles. The lowest BCUT2D eigenvalue weighted by Gasteiger charge is -2.35. The van der Waals surface area contributed by atoms with Crippen LogP contribution in [-0.4, -0.2) is 27.7 Å². The number of hydrogen-bond acceptors (Lipinski definition) is 3. The Bertz CT molecular complexity index is 514. The van der Waals surface area contributed by atoms with Crippen molar-refractivity contribution in [2.24, 2.45) is 5.92 Å². The van der Waals surface area contributed by atoms with Crippen molar-refractivity contribution in [3.63, 3.8) is 0 Å². The molecule has 2 aliphatic rings. The van der Waals surface area contributed by atoms with Gasteiger partial charge in [0.15, 0.2) is 0 Å².